The van der Waals surface area contributed by atoms with Crippen molar-refractivity contribution in [1.82, 2.24) is 10.6 Å². The Morgan fingerprint density at radius 2 is 1.97 bits per heavy atom. The second-order valence-corrected chi connectivity index (χ2v) is 8.55. The van der Waals surface area contributed by atoms with Crippen LogP contribution in [0.4, 0.5) is 0 Å². The van der Waals surface area contributed by atoms with Gasteiger partial charge in [0.05, 0.1) is 6.61 Å². The van der Waals surface area contributed by atoms with Gasteiger partial charge in [0.15, 0.2) is 5.96 Å². The summed E-state index contributed by atoms with van der Waals surface area (Å²) in [5.74, 6) is 2.23. The molecule has 1 saturated heterocycles. The maximum Gasteiger partial charge on any atom is 0.191 e. The Morgan fingerprint density at radius 3 is 2.59 bits per heavy atom. The maximum atomic E-state index is 5.66. The van der Waals surface area contributed by atoms with Crippen molar-refractivity contribution < 1.29 is 9.47 Å². The molecule has 0 aliphatic carbocycles. The summed E-state index contributed by atoms with van der Waals surface area (Å²) < 4.78 is 11.3. The van der Waals surface area contributed by atoms with E-state index in [2.05, 4.69) is 64.3 Å². The van der Waals surface area contributed by atoms with Crippen LogP contribution >= 0.6 is 11.3 Å². The highest BCUT2D eigenvalue weighted by Crippen LogP contribution is 2.35. The molecule has 0 bridgehead atoms. The van der Waals surface area contributed by atoms with Crippen molar-refractivity contribution in [2.24, 2.45) is 4.99 Å². The molecule has 0 radical (unpaired) electrons. The van der Waals surface area contributed by atoms with Gasteiger partial charge in [-0.15, -0.1) is 11.3 Å². The lowest BCUT2D eigenvalue weighted by Crippen LogP contribution is -2.48. The Morgan fingerprint density at radius 1 is 1.21 bits per heavy atom. The smallest absolute Gasteiger partial charge is 0.191 e. The quantitative estimate of drug-likeness (QED) is 0.502. The predicted molar refractivity (Wildman–Crippen MR) is 121 cm³/mol. The minimum Gasteiger partial charge on any atom is -0.494 e. The number of hydrogen-bond donors (Lipinski definition) is 2. The van der Waals surface area contributed by atoms with Crippen LogP contribution in [0.5, 0.6) is 5.75 Å². The second-order valence-electron chi connectivity index (χ2n) is 7.57. The topological polar surface area (TPSA) is 54.9 Å². The molecular formula is C23H33N3O2S. The zero-order chi connectivity index (χ0) is 20.5. The minimum atomic E-state index is 0.0416. The molecular weight excluding hydrogens is 382 g/mol. The molecule has 5 nitrogen and oxygen atoms in total. The number of guanidine groups is 1. The van der Waals surface area contributed by atoms with E-state index in [0.29, 0.717) is 12.5 Å². The van der Waals surface area contributed by atoms with Crippen molar-refractivity contribution >= 4 is 17.3 Å². The molecule has 0 amide bonds. The number of ether oxygens (including phenoxy) is 2. The average molecular weight is 416 g/mol. The van der Waals surface area contributed by atoms with Crippen molar-refractivity contribution in [3.8, 4) is 5.75 Å². The third-order valence-corrected chi connectivity index (χ3v) is 6.75. The fraction of sp³-hybridized carbons (Fsp3) is 0.522. The van der Waals surface area contributed by atoms with E-state index in [4.69, 9.17) is 9.47 Å². The number of rotatable bonds is 8. The highest BCUT2D eigenvalue weighted by Gasteiger charge is 2.34. The van der Waals surface area contributed by atoms with Crippen LogP contribution in [0.15, 0.2) is 46.8 Å². The van der Waals surface area contributed by atoms with Gasteiger partial charge in [-0.2, -0.15) is 0 Å². The molecule has 1 aromatic carbocycles. The molecule has 1 atom stereocenters. The normalized spacial score (nSPS) is 17.6. The molecule has 6 heteroatoms. The van der Waals surface area contributed by atoms with Crippen molar-refractivity contribution in [3.05, 3.63) is 52.2 Å². The Labute approximate surface area is 178 Å². The highest BCUT2D eigenvalue weighted by molar-refractivity contribution is 7.10. The van der Waals surface area contributed by atoms with Gasteiger partial charge in [-0.3, -0.25) is 4.99 Å². The molecule has 0 saturated carbocycles. The summed E-state index contributed by atoms with van der Waals surface area (Å²) in [5.41, 5.74) is 1.37. The Bertz CT molecular complexity index is 753. The molecule has 0 spiro atoms. The molecule has 1 unspecified atom stereocenters. The van der Waals surface area contributed by atoms with Crippen LogP contribution in [-0.2, 0) is 10.2 Å². The van der Waals surface area contributed by atoms with E-state index in [9.17, 15) is 0 Å². The van der Waals surface area contributed by atoms with Gasteiger partial charge in [-0.1, -0.05) is 25.1 Å². The molecule has 3 rings (SSSR count). The fourth-order valence-corrected chi connectivity index (χ4v) is 4.58. The van der Waals surface area contributed by atoms with Gasteiger partial charge in [-0.05, 0) is 48.9 Å². The molecule has 1 aromatic heterocycles. The van der Waals surface area contributed by atoms with Crippen LogP contribution in [0.2, 0.25) is 0 Å². The number of benzene rings is 1. The monoisotopic (exact) mass is 415 g/mol. The molecule has 1 fully saturated rings. The summed E-state index contributed by atoms with van der Waals surface area (Å²) in [5, 5.41) is 9.19. The van der Waals surface area contributed by atoms with Crippen LogP contribution in [0.25, 0.3) is 0 Å². The SMILES string of the molecule is CCOc1ccc(C2(CNC(=NC)NCC(C)c3cccs3)CCOCC2)cc1. The third kappa shape index (κ3) is 5.73. The molecule has 158 valence electrons. The van der Waals surface area contributed by atoms with E-state index in [0.717, 1.165) is 50.9 Å². The summed E-state index contributed by atoms with van der Waals surface area (Å²) in [7, 11) is 1.83. The van der Waals surface area contributed by atoms with Gasteiger partial charge in [0.2, 0.25) is 0 Å². The summed E-state index contributed by atoms with van der Waals surface area (Å²) in [4.78, 5) is 5.83. The van der Waals surface area contributed by atoms with E-state index >= 15 is 0 Å². The summed E-state index contributed by atoms with van der Waals surface area (Å²) in [6.45, 7) is 8.21. The van der Waals surface area contributed by atoms with Gasteiger partial charge >= 0.3 is 0 Å². The lowest BCUT2D eigenvalue weighted by atomic mass is 9.74. The molecule has 2 N–H and O–H groups in total. The molecule has 1 aliphatic heterocycles. The van der Waals surface area contributed by atoms with Crippen molar-refractivity contribution in [3.63, 3.8) is 0 Å². The van der Waals surface area contributed by atoms with Crippen molar-refractivity contribution in [1.29, 1.82) is 0 Å². The lowest BCUT2D eigenvalue weighted by Gasteiger charge is -2.38. The largest absolute Gasteiger partial charge is 0.494 e. The highest BCUT2D eigenvalue weighted by atomic mass is 32.1. The van der Waals surface area contributed by atoms with Crippen LogP contribution in [-0.4, -0.2) is 45.9 Å². The summed E-state index contributed by atoms with van der Waals surface area (Å²) in [6, 6.07) is 12.9. The van der Waals surface area contributed by atoms with Crippen LogP contribution < -0.4 is 15.4 Å². The Kier molecular flexibility index (Phi) is 7.95. The number of nitrogens with one attached hydrogen (secondary N) is 2. The first-order chi connectivity index (χ1) is 14.2. The second kappa shape index (κ2) is 10.6. The van der Waals surface area contributed by atoms with Crippen molar-refractivity contribution in [2.75, 3.05) is 40.0 Å². The van der Waals surface area contributed by atoms with E-state index in [1.165, 1.54) is 10.4 Å². The van der Waals surface area contributed by atoms with Gasteiger partial charge in [0.25, 0.3) is 0 Å². The lowest BCUT2D eigenvalue weighted by molar-refractivity contribution is 0.0513. The van der Waals surface area contributed by atoms with E-state index < -0.39 is 0 Å². The van der Waals surface area contributed by atoms with E-state index in [1.807, 2.05) is 14.0 Å². The first kappa shape index (κ1) is 21.7. The van der Waals surface area contributed by atoms with E-state index in [-0.39, 0.29) is 5.41 Å². The number of aliphatic imine (C=N–C) groups is 1. The Hall–Kier alpha value is -2.05. The molecule has 2 heterocycles. The number of hydrogen-bond acceptors (Lipinski definition) is 4. The zero-order valence-electron chi connectivity index (χ0n) is 17.7. The van der Waals surface area contributed by atoms with E-state index in [1.54, 1.807) is 11.3 Å². The van der Waals surface area contributed by atoms with Crippen LogP contribution in [0.1, 0.15) is 43.0 Å². The molecule has 2 aromatic rings. The maximum absolute atomic E-state index is 5.66. The van der Waals surface area contributed by atoms with Crippen LogP contribution in [0, 0.1) is 0 Å². The summed E-state index contributed by atoms with van der Waals surface area (Å²) >= 11 is 1.80. The fourth-order valence-electron chi connectivity index (χ4n) is 3.80. The number of nitrogens with zero attached hydrogens (tertiary/aromatic N) is 1. The number of thiophene rings is 1. The van der Waals surface area contributed by atoms with Crippen molar-refractivity contribution in [2.45, 2.75) is 38.0 Å². The first-order valence-electron chi connectivity index (χ1n) is 10.5. The van der Waals surface area contributed by atoms with Gasteiger partial charge in [0, 0.05) is 49.6 Å². The molecule has 1 aliphatic rings. The minimum absolute atomic E-state index is 0.0416. The van der Waals surface area contributed by atoms with Gasteiger partial charge in [0.1, 0.15) is 5.75 Å². The van der Waals surface area contributed by atoms with Gasteiger partial charge in [-0.25, -0.2) is 0 Å². The third-order valence-electron chi connectivity index (χ3n) is 5.65. The predicted octanol–water partition coefficient (Wildman–Crippen LogP) is 4.16. The van der Waals surface area contributed by atoms with Crippen LogP contribution in [0.3, 0.4) is 0 Å². The molecule has 29 heavy (non-hydrogen) atoms. The summed E-state index contributed by atoms with van der Waals surface area (Å²) in [6.07, 6.45) is 1.99. The Balaban J connectivity index is 1.63. The van der Waals surface area contributed by atoms with Gasteiger partial charge < -0.3 is 20.1 Å². The first-order valence-corrected chi connectivity index (χ1v) is 11.3. The average Bonchev–Trinajstić information content (AvgIpc) is 3.30. The zero-order valence-corrected chi connectivity index (χ0v) is 18.6. The standard InChI is InChI=1S/C23H33N3O2S/c1-4-28-20-9-7-19(8-10-20)23(11-13-27-14-12-23)17-26-22(24-3)25-16-18(2)21-6-5-15-29-21/h5-10,15,18H,4,11-14,16-17H2,1-3H3,(H2,24,25,26).